The Labute approximate surface area is 129 Å². The maximum Gasteiger partial charge on any atom is 0.128 e. The second-order valence-electron chi connectivity index (χ2n) is 4.03. The number of benzene rings is 2. The number of nitrogens with two attached hydrogens (primary N) is 1. The summed E-state index contributed by atoms with van der Waals surface area (Å²) in [5.74, 6) is 1.63. The quantitative estimate of drug-likeness (QED) is 0.723. The van der Waals surface area contributed by atoms with Gasteiger partial charge >= 0.3 is 0 Å². The minimum Gasteiger partial charge on any atom is -0.457 e. The van der Waals surface area contributed by atoms with Crippen molar-refractivity contribution in [1.29, 1.82) is 0 Å². The molecule has 1 atom stereocenters. The molecule has 18 heavy (non-hydrogen) atoms. The first-order chi connectivity index (χ1) is 8.56. The highest BCUT2D eigenvalue weighted by molar-refractivity contribution is 14.1. The Bertz CT molecular complexity index is 557. The molecule has 94 valence electrons. The van der Waals surface area contributed by atoms with Gasteiger partial charge in [-0.3, -0.25) is 0 Å². The third-order valence-corrected chi connectivity index (χ3v) is 3.85. The summed E-state index contributed by atoms with van der Waals surface area (Å²) in [7, 11) is 0. The van der Waals surface area contributed by atoms with Crippen LogP contribution in [0.5, 0.6) is 11.5 Å². The number of halogens is 2. The van der Waals surface area contributed by atoms with Crippen molar-refractivity contribution in [3.63, 3.8) is 0 Å². The molecule has 2 aromatic carbocycles. The van der Waals surface area contributed by atoms with Crippen LogP contribution in [0.3, 0.4) is 0 Å². The van der Waals surface area contributed by atoms with Gasteiger partial charge in [-0.1, -0.05) is 28.1 Å². The Morgan fingerprint density at radius 2 is 1.89 bits per heavy atom. The molecule has 0 fully saturated rings. The summed E-state index contributed by atoms with van der Waals surface area (Å²) >= 11 is 5.78. The van der Waals surface area contributed by atoms with Gasteiger partial charge in [0.25, 0.3) is 0 Å². The Morgan fingerprint density at radius 1 is 1.17 bits per heavy atom. The topological polar surface area (TPSA) is 35.2 Å². The lowest BCUT2D eigenvalue weighted by molar-refractivity contribution is 0.481. The van der Waals surface area contributed by atoms with Crippen LogP contribution < -0.4 is 10.5 Å². The third-order valence-electron chi connectivity index (χ3n) is 2.49. The van der Waals surface area contributed by atoms with E-state index in [2.05, 4.69) is 38.5 Å². The second-order valence-corrected chi connectivity index (χ2v) is 6.13. The maximum atomic E-state index is 5.87. The minimum absolute atomic E-state index is 0.00565. The van der Waals surface area contributed by atoms with Crippen molar-refractivity contribution < 1.29 is 4.74 Å². The molecule has 0 bridgehead atoms. The molecule has 2 nitrogen and oxygen atoms in total. The van der Waals surface area contributed by atoms with E-state index in [-0.39, 0.29) is 6.04 Å². The van der Waals surface area contributed by atoms with Crippen molar-refractivity contribution in [1.82, 2.24) is 0 Å². The molecular weight excluding hydrogens is 405 g/mol. The number of hydrogen-bond donors (Lipinski definition) is 1. The molecule has 0 amide bonds. The van der Waals surface area contributed by atoms with Crippen LogP contribution >= 0.6 is 38.5 Å². The van der Waals surface area contributed by atoms with E-state index in [1.165, 1.54) is 0 Å². The van der Waals surface area contributed by atoms with Gasteiger partial charge in [0, 0.05) is 14.1 Å². The summed E-state index contributed by atoms with van der Waals surface area (Å²) in [4.78, 5) is 0. The number of rotatable bonds is 3. The van der Waals surface area contributed by atoms with Crippen LogP contribution in [0.25, 0.3) is 0 Å². The van der Waals surface area contributed by atoms with E-state index in [4.69, 9.17) is 10.5 Å². The van der Waals surface area contributed by atoms with Crippen molar-refractivity contribution >= 4 is 38.5 Å². The average molecular weight is 418 g/mol. The molecule has 0 spiro atoms. The van der Waals surface area contributed by atoms with E-state index in [9.17, 15) is 0 Å². The molecule has 0 saturated heterocycles. The van der Waals surface area contributed by atoms with Gasteiger partial charge in [0.15, 0.2) is 0 Å². The highest BCUT2D eigenvalue weighted by Gasteiger charge is 2.06. The van der Waals surface area contributed by atoms with Gasteiger partial charge in [0.05, 0.1) is 0 Å². The van der Waals surface area contributed by atoms with Crippen molar-refractivity contribution in [3.05, 3.63) is 56.1 Å². The fourth-order valence-electron chi connectivity index (χ4n) is 1.61. The maximum absolute atomic E-state index is 5.87. The van der Waals surface area contributed by atoms with Crippen LogP contribution in [0.4, 0.5) is 0 Å². The first kappa shape index (κ1) is 13.8. The first-order valence-corrected chi connectivity index (χ1v) is 7.42. The van der Waals surface area contributed by atoms with Crippen LogP contribution in [-0.4, -0.2) is 0 Å². The van der Waals surface area contributed by atoms with E-state index in [0.717, 1.165) is 25.1 Å². The molecule has 4 heteroatoms. The highest BCUT2D eigenvalue weighted by atomic mass is 127. The lowest BCUT2D eigenvalue weighted by Crippen LogP contribution is -2.05. The Morgan fingerprint density at radius 3 is 2.50 bits per heavy atom. The monoisotopic (exact) mass is 417 g/mol. The van der Waals surface area contributed by atoms with Crippen LogP contribution in [0.1, 0.15) is 18.5 Å². The molecule has 0 aliphatic rings. The van der Waals surface area contributed by atoms with Gasteiger partial charge in [-0.25, -0.2) is 0 Å². The summed E-state index contributed by atoms with van der Waals surface area (Å²) in [6.07, 6.45) is 0. The smallest absolute Gasteiger partial charge is 0.128 e. The van der Waals surface area contributed by atoms with Gasteiger partial charge < -0.3 is 10.5 Å². The summed E-state index contributed by atoms with van der Waals surface area (Å²) in [6, 6.07) is 13.8. The van der Waals surface area contributed by atoms with Crippen molar-refractivity contribution in [2.24, 2.45) is 5.73 Å². The van der Waals surface area contributed by atoms with E-state index in [1.54, 1.807) is 0 Å². The summed E-state index contributed by atoms with van der Waals surface area (Å²) in [5.41, 5.74) is 6.94. The second kappa shape index (κ2) is 6.04. The molecule has 0 aromatic heterocycles. The lowest BCUT2D eigenvalue weighted by Gasteiger charge is -2.11. The molecule has 0 saturated carbocycles. The summed E-state index contributed by atoms with van der Waals surface area (Å²) < 4.78 is 7.92. The molecule has 0 aliphatic carbocycles. The number of ether oxygens (including phenoxy) is 1. The van der Waals surface area contributed by atoms with Gasteiger partial charge in [-0.2, -0.15) is 0 Å². The molecule has 0 radical (unpaired) electrons. The molecule has 0 unspecified atom stereocenters. The van der Waals surface area contributed by atoms with Crippen molar-refractivity contribution in [2.75, 3.05) is 0 Å². The largest absolute Gasteiger partial charge is 0.457 e. The zero-order valence-corrected chi connectivity index (χ0v) is 13.6. The van der Waals surface area contributed by atoms with Gasteiger partial charge in [0.1, 0.15) is 11.5 Å². The van der Waals surface area contributed by atoms with Crippen LogP contribution in [0, 0.1) is 3.57 Å². The molecule has 0 heterocycles. The Kier molecular flexibility index (Phi) is 4.64. The third kappa shape index (κ3) is 3.46. The molecule has 0 aliphatic heterocycles. The zero-order valence-electron chi connectivity index (χ0n) is 9.86. The van der Waals surface area contributed by atoms with Crippen molar-refractivity contribution in [2.45, 2.75) is 13.0 Å². The van der Waals surface area contributed by atoms with Crippen LogP contribution in [-0.2, 0) is 0 Å². The van der Waals surface area contributed by atoms with E-state index in [0.29, 0.717) is 0 Å². The summed E-state index contributed by atoms with van der Waals surface area (Å²) in [6.45, 7) is 1.96. The van der Waals surface area contributed by atoms with Gasteiger partial charge in [-0.15, -0.1) is 0 Å². The van der Waals surface area contributed by atoms with Crippen LogP contribution in [0.2, 0.25) is 0 Å². The Hall–Kier alpha value is -0.590. The fourth-order valence-corrected chi connectivity index (χ4v) is 2.84. The standard InChI is InChI=1S/C14H13BrINO/c1-9(17)13-6-5-12(8-14(13)15)18-11-4-2-3-10(16)7-11/h2-9H,17H2,1H3/t9-/m0/s1. The molecule has 2 aromatic rings. The Balaban J connectivity index is 2.23. The van der Waals surface area contributed by atoms with Crippen molar-refractivity contribution in [3.8, 4) is 11.5 Å². The van der Waals surface area contributed by atoms with E-state index < -0.39 is 0 Å². The highest BCUT2D eigenvalue weighted by Crippen LogP contribution is 2.29. The fraction of sp³-hybridized carbons (Fsp3) is 0.143. The summed E-state index contributed by atoms with van der Waals surface area (Å²) in [5, 5.41) is 0. The van der Waals surface area contributed by atoms with E-state index in [1.807, 2.05) is 49.4 Å². The molecule has 2 rings (SSSR count). The molecule has 2 N–H and O–H groups in total. The zero-order chi connectivity index (χ0) is 13.1. The van der Waals surface area contributed by atoms with Gasteiger partial charge in [0.2, 0.25) is 0 Å². The average Bonchev–Trinajstić information content (AvgIpc) is 2.28. The van der Waals surface area contributed by atoms with Gasteiger partial charge in [-0.05, 0) is 65.4 Å². The number of hydrogen-bond acceptors (Lipinski definition) is 2. The van der Waals surface area contributed by atoms with Crippen LogP contribution in [0.15, 0.2) is 46.9 Å². The SMILES string of the molecule is C[C@H](N)c1ccc(Oc2cccc(I)c2)cc1Br. The predicted octanol–water partition coefficient (Wildman–Crippen LogP) is 4.87. The molecular formula is C14H13BrINO. The first-order valence-electron chi connectivity index (χ1n) is 5.54. The normalized spacial score (nSPS) is 12.2. The lowest BCUT2D eigenvalue weighted by atomic mass is 10.1. The predicted molar refractivity (Wildman–Crippen MR) is 86.0 cm³/mol. The van der Waals surface area contributed by atoms with E-state index >= 15 is 0 Å². The minimum atomic E-state index is 0.00565.